The molecule has 0 spiro atoms. The Labute approximate surface area is 118 Å². The molecule has 0 aliphatic rings. The summed E-state index contributed by atoms with van der Waals surface area (Å²) < 4.78 is -0.503. The van der Waals surface area contributed by atoms with Crippen LogP contribution < -0.4 is 5.73 Å². The van der Waals surface area contributed by atoms with E-state index >= 15 is 0 Å². The molecule has 0 saturated heterocycles. The Balaban J connectivity index is 2.18. The van der Waals surface area contributed by atoms with Gasteiger partial charge in [-0.05, 0) is 38.1 Å². The molecule has 0 fully saturated rings. The molecule has 0 aliphatic carbocycles. The zero-order valence-electron chi connectivity index (χ0n) is 11.1. The third-order valence-corrected chi connectivity index (χ3v) is 4.04. The van der Waals surface area contributed by atoms with Crippen LogP contribution in [-0.2, 0) is 0 Å². The number of anilines is 1. The highest BCUT2D eigenvalue weighted by Gasteiger charge is 2.29. The summed E-state index contributed by atoms with van der Waals surface area (Å²) in [7, 11) is 0. The van der Waals surface area contributed by atoms with E-state index < -0.39 is 4.75 Å². The van der Waals surface area contributed by atoms with E-state index in [1.807, 2.05) is 68.4 Å². The van der Waals surface area contributed by atoms with Crippen LogP contribution in [0.25, 0.3) is 0 Å². The molecule has 2 rings (SSSR count). The standard InChI is InChI=1S/C16H17NOS/c1-16(2,15(18)12-6-4-3-5-7-12)19-14-10-8-13(17)9-11-14/h3-11H,17H2,1-2H3. The molecule has 0 aromatic heterocycles. The number of rotatable bonds is 4. The first-order chi connectivity index (χ1) is 8.99. The number of benzene rings is 2. The summed E-state index contributed by atoms with van der Waals surface area (Å²) in [6.45, 7) is 3.90. The molecule has 2 nitrogen and oxygen atoms in total. The van der Waals surface area contributed by atoms with Crippen molar-refractivity contribution in [3.8, 4) is 0 Å². The largest absolute Gasteiger partial charge is 0.399 e. The second-order valence-corrected chi connectivity index (χ2v) is 6.57. The molecule has 19 heavy (non-hydrogen) atoms. The van der Waals surface area contributed by atoms with Crippen LogP contribution in [0.2, 0.25) is 0 Å². The fourth-order valence-corrected chi connectivity index (χ4v) is 2.89. The molecule has 2 aromatic carbocycles. The number of carbonyl (C=O) groups excluding carboxylic acids is 1. The van der Waals surface area contributed by atoms with Crippen molar-refractivity contribution in [2.45, 2.75) is 23.5 Å². The lowest BCUT2D eigenvalue weighted by Gasteiger charge is -2.22. The van der Waals surface area contributed by atoms with Crippen molar-refractivity contribution in [1.82, 2.24) is 0 Å². The lowest BCUT2D eigenvalue weighted by atomic mass is 10.0. The molecular formula is C16H17NOS. The van der Waals surface area contributed by atoms with Crippen molar-refractivity contribution in [1.29, 1.82) is 0 Å². The van der Waals surface area contributed by atoms with Crippen molar-refractivity contribution in [2.75, 3.05) is 5.73 Å². The van der Waals surface area contributed by atoms with Gasteiger partial charge in [-0.15, -0.1) is 11.8 Å². The van der Waals surface area contributed by atoms with E-state index in [0.717, 1.165) is 16.1 Å². The molecule has 0 aliphatic heterocycles. The number of nitrogen functional groups attached to an aromatic ring is 1. The molecule has 3 heteroatoms. The topological polar surface area (TPSA) is 43.1 Å². The maximum atomic E-state index is 12.5. The van der Waals surface area contributed by atoms with Gasteiger partial charge < -0.3 is 5.73 Å². The molecule has 2 aromatic rings. The zero-order valence-corrected chi connectivity index (χ0v) is 11.9. The summed E-state index contributed by atoms with van der Waals surface area (Å²) in [6.07, 6.45) is 0. The Hall–Kier alpha value is -1.74. The Morgan fingerprint density at radius 3 is 2.16 bits per heavy atom. The SMILES string of the molecule is CC(C)(Sc1ccc(N)cc1)C(=O)c1ccccc1. The number of hydrogen-bond donors (Lipinski definition) is 1. The van der Waals surface area contributed by atoms with E-state index in [1.165, 1.54) is 0 Å². The molecule has 0 amide bonds. The van der Waals surface area contributed by atoms with Gasteiger partial charge in [0.05, 0.1) is 4.75 Å². The van der Waals surface area contributed by atoms with E-state index in [-0.39, 0.29) is 5.78 Å². The molecule has 0 radical (unpaired) electrons. The van der Waals surface area contributed by atoms with Crippen LogP contribution >= 0.6 is 11.8 Å². The van der Waals surface area contributed by atoms with Crippen LogP contribution in [0.4, 0.5) is 5.69 Å². The number of ketones is 1. The summed E-state index contributed by atoms with van der Waals surface area (Å²) in [5, 5.41) is 0. The molecule has 0 heterocycles. The number of Topliss-reactive ketones (excluding diaryl/α,β-unsaturated/α-hetero) is 1. The predicted molar refractivity (Wildman–Crippen MR) is 81.6 cm³/mol. The molecular weight excluding hydrogens is 254 g/mol. The number of nitrogens with two attached hydrogens (primary N) is 1. The van der Waals surface area contributed by atoms with Crippen LogP contribution in [-0.4, -0.2) is 10.5 Å². The molecule has 98 valence electrons. The summed E-state index contributed by atoms with van der Waals surface area (Å²) in [4.78, 5) is 13.5. The minimum atomic E-state index is -0.503. The Kier molecular flexibility index (Phi) is 3.96. The van der Waals surface area contributed by atoms with Crippen LogP contribution in [0, 0.1) is 0 Å². The molecule has 0 bridgehead atoms. The second-order valence-electron chi connectivity index (χ2n) is 4.88. The lowest BCUT2D eigenvalue weighted by Crippen LogP contribution is -2.27. The minimum absolute atomic E-state index is 0.134. The van der Waals surface area contributed by atoms with Gasteiger partial charge in [-0.1, -0.05) is 30.3 Å². The third kappa shape index (κ3) is 3.38. The van der Waals surface area contributed by atoms with Crippen molar-refractivity contribution >= 4 is 23.2 Å². The number of thioether (sulfide) groups is 1. The van der Waals surface area contributed by atoms with Crippen LogP contribution in [0.15, 0.2) is 59.5 Å². The van der Waals surface area contributed by atoms with Gasteiger partial charge in [0.2, 0.25) is 0 Å². The smallest absolute Gasteiger partial charge is 0.178 e. The second kappa shape index (κ2) is 5.49. The highest BCUT2D eigenvalue weighted by Crippen LogP contribution is 2.35. The van der Waals surface area contributed by atoms with Crippen LogP contribution in [0.3, 0.4) is 0 Å². The van der Waals surface area contributed by atoms with Crippen molar-refractivity contribution in [2.24, 2.45) is 0 Å². The van der Waals surface area contributed by atoms with Gasteiger partial charge in [-0.2, -0.15) is 0 Å². The first-order valence-electron chi connectivity index (χ1n) is 6.13. The Bertz CT molecular complexity index is 561. The third-order valence-electron chi connectivity index (χ3n) is 2.84. The van der Waals surface area contributed by atoms with E-state index in [1.54, 1.807) is 11.8 Å². The summed E-state index contributed by atoms with van der Waals surface area (Å²) in [6, 6.07) is 17.0. The maximum Gasteiger partial charge on any atom is 0.178 e. The quantitative estimate of drug-likeness (QED) is 0.519. The van der Waals surface area contributed by atoms with Crippen molar-refractivity contribution in [3.63, 3.8) is 0 Å². The predicted octanol–water partition coefficient (Wildman–Crippen LogP) is 4.02. The minimum Gasteiger partial charge on any atom is -0.399 e. The maximum absolute atomic E-state index is 12.5. The Morgan fingerprint density at radius 1 is 1.00 bits per heavy atom. The van der Waals surface area contributed by atoms with Gasteiger partial charge in [0, 0.05) is 16.1 Å². The number of hydrogen-bond acceptors (Lipinski definition) is 3. The van der Waals surface area contributed by atoms with Gasteiger partial charge in [0.25, 0.3) is 0 Å². The van der Waals surface area contributed by atoms with Crippen molar-refractivity contribution < 1.29 is 4.79 Å². The zero-order chi connectivity index (χ0) is 13.9. The lowest BCUT2D eigenvalue weighted by molar-refractivity contribution is 0.0958. The fraction of sp³-hybridized carbons (Fsp3) is 0.188. The van der Waals surface area contributed by atoms with Gasteiger partial charge in [-0.3, -0.25) is 4.79 Å². The van der Waals surface area contributed by atoms with Crippen LogP contribution in [0.1, 0.15) is 24.2 Å². The van der Waals surface area contributed by atoms with E-state index in [2.05, 4.69) is 0 Å². The normalized spacial score (nSPS) is 11.3. The van der Waals surface area contributed by atoms with E-state index in [9.17, 15) is 4.79 Å². The van der Waals surface area contributed by atoms with Gasteiger partial charge in [-0.25, -0.2) is 0 Å². The summed E-state index contributed by atoms with van der Waals surface area (Å²) >= 11 is 1.55. The van der Waals surface area contributed by atoms with E-state index in [4.69, 9.17) is 5.73 Å². The fourth-order valence-electron chi connectivity index (χ4n) is 1.81. The average molecular weight is 271 g/mol. The summed E-state index contributed by atoms with van der Waals surface area (Å²) in [5.74, 6) is 0.134. The van der Waals surface area contributed by atoms with Gasteiger partial charge >= 0.3 is 0 Å². The van der Waals surface area contributed by atoms with Crippen LogP contribution in [0.5, 0.6) is 0 Å². The van der Waals surface area contributed by atoms with Gasteiger partial charge in [0.1, 0.15) is 0 Å². The summed E-state index contributed by atoms with van der Waals surface area (Å²) in [5.41, 5.74) is 7.14. The first kappa shape index (κ1) is 13.7. The average Bonchev–Trinajstić information content (AvgIpc) is 2.41. The molecule has 2 N–H and O–H groups in total. The molecule has 0 unspecified atom stereocenters. The highest BCUT2D eigenvalue weighted by molar-refractivity contribution is 8.01. The highest BCUT2D eigenvalue weighted by atomic mass is 32.2. The first-order valence-corrected chi connectivity index (χ1v) is 6.95. The Morgan fingerprint density at radius 2 is 1.58 bits per heavy atom. The van der Waals surface area contributed by atoms with E-state index in [0.29, 0.717) is 0 Å². The molecule has 0 saturated carbocycles. The molecule has 0 atom stereocenters. The monoisotopic (exact) mass is 271 g/mol. The van der Waals surface area contributed by atoms with Gasteiger partial charge in [0.15, 0.2) is 5.78 Å². The number of carbonyl (C=O) groups is 1. The van der Waals surface area contributed by atoms with Crippen molar-refractivity contribution in [3.05, 3.63) is 60.2 Å².